The van der Waals surface area contributed by atoms with Crippen molar-refractivity contribution in [3.05, 3.63) is 46.2 Å². The van der Waals surface area contributed by atoms with Gasteiger partial charge in [-0.25, -0.2) is 4.68 Å². The van der Waals surface area contributed by atoms with Gasteiger partial charge in [0.15, 0.2) is 0 Å². The van der Waals surface area contributed by atoms with Gasteiger partial charge in [-0.1, -0.05) is 28.4 Å². The highest BCUT2D eigenvalue weighted by molar-refractivity contribution is 6.34. The molecule has 0 atom stereocenters. The molecule has 0 saturated heterocycles. The van der Waals surface area contributed by atoms with E-state index in [9.17, 15) is 0 Å². The topological polar surface area (TPSA) is 30.7 Å². The van der Waals surface area contributed by atoms with Crippen molar-refractivity contribution in [2.45, 2.75) is 6.54 Å². The Morgan fingerprint density at radius 1 is 1.14 bits per heavy atom. The molecule has 3 nitrogen and oxygen atoms in total. The minimum absolute atomic E-state index is 0.625. The first kappa shape index (κ1) is 9.49. The standard InChI is InChI=1S/C9H7Cl2N3/c10-8-3-7(4-9(11)5-8)6-14-2-1-12-13-14/h1-5H,6H2. The summed E-state index contributed by atoms with van der Waals surface area (Å²) in [6.45, 7) is 0.625. The lowest BCUT2D eigenvalue weighted by atomic mass is 10.2. The molecule has 0 saturated carbocycles. The molecule has 0 aliphatic rings. The van der Waals surface area contributed by atoms with Crippen LogP contribution in [0.25, 0.3) is 0 Å². The first-order chi connectivity index (χ1) is 6.74. The Bertz CT molecular complexity index is 405. The summed E-state index contributed by atoms with van der Waals surface area (Å²) in [7, 11) is 0. The number of aromatic nitrogens is 3. The summed E-state index contributed by atoms with van der Waals surface area (Å²) < 4.78 is 1.71. The van der Waals surface area contributed by atoms with Gasteiger partial charge in [0.25, 0.3) is 0 Å². The number of hydrogen-bond acceptors (Lipinski definition) is 2. The van der Waals surface area contributed by atoms with Crippen LogP contribution in [-0.2, 0) is 6.54 Å². The predicted octanol–water partition coefficient (Wildman–Crippen LogP) is 2.63. The van der Waals surface area contributed by atoms with Gasteiger partial charge >= 0.3 is 0 Å². The van der Waals surface area contributed by atoms with Crippen LogP contribution < -0.4 is 0 Å². The fourth-order valence-electron chi connectivity index (χ4n) is 1.21. The summed E-state index contributed by atoms with van der Waals surface area (Å²) in [6, 6.07) is 5.41. The Hall–Kier alpha value is -1.06. The van der Waals surface area contributed by atoms with E-state index in [1.807, 2.05) is 12.1 Å². The van der Waals surface area contributed by atoms with Crippen molar-refractivity contribution in [1.82, 2.24) is 15.0 Å². The maximum Gasteiger partial charge on any atom is 0.0693 e. The van der Waals surface area contributed by atoms with Crippen LogP contribution in [0.5, 0.6) is 0 Å². The quantitative estimate of drug-likeness (QED) is 0.790. The van der Waals surface area contributed by atoms with Crippen LogP contribution in [0.15, 0.2) is 30.6 Å². The van der Waals surface area contributed by atoms with Gasteiger partial charge in [0.2, 0.25) is 0 Å². The zero-order chi connectivity index (χ0) is 9.97. The van der Waals surface area contributed by atoms with Crippen LogP contribution in [0.1, 0.15) is 5.56 Å². The third-order valence-corrected chi connectivity index (χ3v) is 2.18. The fraction of sp³-hybridized carbons (Fsp3) is 0.111. The molecule has 0 unspecified atom stereocenters. The molecule has 0 aliphatic carbocycles. The second-order valence-corrected chi connectivity index (χ2v) is 3.75. The molecule has 72 valence electrons. The van der Waals surface area contributed by atoms with Crippen molar-refractivity contribution in [3.8, 4) is 0 Å². The Morgan fingerprint density at radius 2 is 1.86 bits per heavy atom. The van der Waals surface area contributed by atoms with Gasteiger partial charge in [0.05, 0.1) is 12.7 Å². The number of hydrogen-bond donors (Lipinski definition) is 0. The molecular formula is C9H7Cl2N3. The van der Waals surface area contributed by atoms with Gasteiger partial charge in [-0.3, -0.25) is 0 Å². The molecule has 1 aromatic carbocycles. The highest BCUT2D eigenvalue weighted by Gasteiger charge is 1.99. The van der Waals surface area contributed by atoms with Crippen molar-refractivity contribution < 1.29 is 0 Å². The zero-order valence-electron chi connectivity index (χ0n) is 7.19. The summed E-state index contributed by atoms with van der Waals surface area (Å²) >= 11 is 11.7. The predicted molar refractivity (Wildman–Crippen MR) is 55.6 cm³/mol. The molecule has 0 aliphatic heterocycles. The Kier molecular flexibility index (Phi) is 2.70. The first-order valence-electron chi connectivity index (χ1n) is 4.03. The van der Waals surface area contributed by atoms with Crippen LogP contribution >= 0.6 is 23.2 Å². The maximum absolute atomic E-state index is 5.86. The van der Waals surface area contributed by atoms with Crippen LogP contribution in [0, 0.1) is 0 Å². The summed E-state index contributed by atoms with van der Waals surface area (Å²) in [5.74, 6) is 0. The second-order valence-electron chi connectivity index (χ2n) is 2.88. The van der Waals surface area contributed by atoms with E-state index in [4.69, 9.17) is 23.2 Å². The second kappa shape index (κ2) is 3.98. The average Bonchev–Trinajstić information content (AvgIpc) is 2.54. The number of halogens is 2. The van der Waals surface area contributed by atoms with Gasteiger partial charge in [-0.15, -0.1) is 5.10 Å². The van der Waals surface area contributed by atoms with Gasteiger partial charge in [0.1, 0.15) is 0 Å². The zero-order valence-corrected chi connectivity index (χ0v) is 8.70. The van der Waals surface area contributed by atoms with Gasteiger partial charge in [-0.2, -0.15) is 0 Å². The lowest BCUT2D eigenvalue weighted by Gasteiger charge is -2.02. The van der Waals surface area contributed by atoms with E-state index in [1.54, 1.807) is 23.1 Å². The van der Waals surface area contributed by atoms with Crippen molar-refractivity contribution >= 4 is 23.2 Å². The molecular weight excluding hydrogens is 221 g/mol. The number of nitrogens with zero attached hydrogens (tertiary/aromatic N) is 3. The van der Waals surface area contributed by atoms with Crippen molar-refractivity contribution in [2.24, 2.45) is 0 Å². The van der Waals surface area contributed by atoms with Crippen molar-refractivity contribution in [2.75, 3.05) is 0 Å². The number of rotatable bonds is 2. The third kappa shape index (κ3) is 2.25. The highest BCUT2D eigenvalue weighted by atomic mass is 35.5. The molecule has 14 heavy (non-hydrogen) atoms. The lowest BCUT2D eigenvalue weighted by Crippen LogP contribution is -2.00. The smallest absolute Gasteiger partial charge is 0.0693 e. The molecule has 2 rings (SSSR count). The van der Waals surface area contributed by atoms with E-state index in [0.29, 0.717) is 16.6 Å². The number of benzene rings is 1. The molecule has 0 amide bonds. The van der Waals surface area contributed by atoms with Crippen LogP contribution in [-0.4, -0.2) is 15.0 Å². The van der Waals surface area contributed by atoms with Crippen molar-refractivity contribution in [1.29, 1.82) is 0 Å². The van der Waals surface area contributed by atoms with E-state index in [0.717, 1.165) is 5.56 Å². The highest BCUT2D eigenvalue weighted by Crippen LogP contribution is 2.19. The van der Waals surface area contributed by atoms with Crippen LogP contribution in [0.3, 0.4) is 0 Å². The van der Waals surface area contributed by atoms with Crippen LogP contribution in [0.4, 0.5) is 0 Å². The molecule has 2 aromatic rings. The molecule has 5 heteroatoms. The summed E-state index contributed by atoms with van der Waals surface area (Å²) in [5, 5.41) is 8.83. The van der Waals surface area contributed by atoms with Gasteiger partial charge in [0, 0.05) is 16.2 Å². The monoisotopic (exact) mass is 227 g/mol. The third-order valence-electron chi connectivity index (χ3n) is 1.74. The molecule has 1 aromatic heterocycles. The SMILES string of the molecule is Clc1cc(Cl)cc(Cn2ccnn2)c1. The Balaban J connectivity index is 2.25. The van der Waals surface area contributed by atoms with Gasteiger partial charge in [-0.05, 0) is 23.8 Å². The molecule has 0 fully saturated rings. The Morgan fingerprint density at radius 3 is 2.43 bits per heavy atom. The van der Waals surface area contributed by atoms with E-state index in [2.05, 4.69) is 10.3 Å². The lowest BCUT2D eigenvalue weighted by molar-refractivity contribution is 0.650. The first-order valence-corrected chi connectivity index (χ1v) is 4.79. The summed E-state index contributed by atoms with van der Waals surface area (Å²) in [5.41, 5.74) is 1.01. The summed E-state index contributed by atoms with van der Waals surface area (Å²) in [6.07, 6.45) is 3.42. The van der Waals surface area contributed by atoms with E-state index in [-0.39, 0.29) is 0 Å². The molecule has 0 N–H and O–H groups in total. The average molecular weight is 228 g/mol. The van der Waals surface area contributed by atoms with E-state index in [1.165, 1.54) is 0 Å². The minimum Gasteiger partial charge on any atom is -0.248 e. The van der Waals surface area contributed by atoms with Crippen molar-refractivity contribution in [3.63, 3.8) is 0 Å². The molecule has 0 radical (unpaired) electrons. The van der Waals surface area contributed by atoms with Crippen LogP contribution in [0.2, 0.25) is 10.0 Å². The largest absolute Gasteiger partial charge is 0.248 e. The minimum atomic E-state index is 0.625. The molecule has 0 spiro atoms. The maximum atomic E-state index is 5.86. The van der Waals surface area contributed by atoms with E-state index < -0.39 is 0 Å². The molecule has 0 bridgehead atoms. The molecule has 1 heterocycles. The Labute approximate surface area is 91.3 Å². The normalized spacial score (nSPS) is 10.4. The fourth-order valence-corrected chi connectivity index (χ4v) is 1.78. The van der Waals surface area contributed by atoms with E-state index >= 15 is 0 Å². The van der Waals surface area contributed by atoms with Gasteiger partial charge < -0.3 is 0 Å². The summed E-state index contributed by atoms with van der Waals surface area (Å²) in [4.78, 5) is 0.